The molecular formula is C51H40N4PtSi. The van der Waals surface area contributed by atoms with Crippen molar-refractivity contribution in [1.29, 1.82) is 0 Å². The Morgan fingerprint density at radius 1 is 0.561 bits per heavy atom. The van der Waals surface area contributed by atoms with E-state index in [0.717, 1.165) is 45.7 Å². The third kappa shape index (κ3) is 6.14. The van der Waals surface area contributed by atoms with Gasteiger partial charge < -0.3 is 14.4 Å². The number of benzene rings is 7. The quantitative estimate of drug-likeness (QED) is 0.0864. The van der Waals surface area contributed by atoms with Gasteiger partial charge in [0.1, 0.15) is 13.9 Å². The topological polar surface area (TPSA) is 24.3 Å². The molecule has 0 amide bonds. The van der Waals surface area contributed by atoms with Gasteiger partial charge in [-0.1, -0.05) is 133 Å². The molecule has 0 radical (unpaired) electrons. The van der Waals surface area contributed by atoms with Gasteiger partial charge in [-0.15, -0.1) is 11.5 Å². The van der Waals surface area contributed by atoms with E-state index < -0.39 is 8.07 Å². The Hall–Kier alpha value is -6.00. The summed E-state index contributed by atoms with van der Waals surface area (Å²) >= 11 is 0. The SMILES string of the molecule is CC(C)N1CN(c2[c-]c([Si](c3[c-]c4c(cc3)c3ccccc3n4-c3cc(-c4ccccc4)ccn3)(c3ccccc3)c3ccccc3)ccc2)c2ccccc21.[Pt+2]. The molecule has 3 heterocycles. The van der Waals surface area contributed by atoms with Gasteiger partial charge in [0.15, 0.2) is 0 Å². The molecule has 7 aromatic carbocycles. The minimum Gasteiger partial charge on any atom is -0.349 e. The fourth-order valence-corrected chi connectivity index (χ4v) is 13.3. The van der Waals surface area contributed by atoms with Crippen molar-refractivity contribution in [3.8, 4) is 16.9 Å². The maximum Gasteiger partial charge on any atom is 2.00 e. The number of rotatable bonds is 8. The van der Waals surface area contributed by atoms with Crippen LogP contribution in [0.25, 0.3) is 38.8 Å². The second kappa shape index (κ2) is 15.2. The summed E-state index contributed by atoms with van der Waals surface area (Å²) in [4.78, 5) is 9.89. The molecule has 2 aromatic heterocycles. The maximum absolute atomic E-state index is 5.01. The van der Waals surface area contributed by atoms with Gasteiger partial charge in [0.25, 0.3) is 0 Å². The molecule has 0 atom stereocenters. The number of para-hydroxylation sites is 3. The predicted octanol–water partition coefficient (Wildman–Crippen LogP) is 9.14. The summed E-state index contributed by atoms with van der Waals surface area (Å²) in [7, 11) is -3.05. The van der Waals surface area contributed by atoms with Gasteiger partial charge in [-0.3, -0.25) is 0 Å². The summed E-state index contributed by atoms with van der Waals surface area (Å²) in [5.74, 6) is 0.869. The van der Waals surface area contributed by atoms with Gasteiger partial charge in [0, 0.05) is 17.8 Å². The third-order valence-corrected chi connectivity index (χ3v) is 16.0. The van der Waals surface area contributed by atoms with E-state index in [1.165, 1.54) is 37.5 Å². The Labute approximate surface area is 350 Å². The van der Waals surface area contributed by atoms with Crippen LogP contribution in [-0.2, 0) is 21.1 Å². The van der Waals surface area contributed by atoms with Crippen molar-refractivity contribution in [2.24, 2.45) is 0 Å². The van der Waals surface area contributed by atoms with Crippen LogP contribution in [-0.4, -0.2) is 30.3 Å². The van der Waals surface area contributed by atoms with Crippen molar-refractivity contribution in [3.05, 3.63) is 200 Å². The van der Waals surface area contributed by atoms with Gasteiger partial charge >= 0.3 is 21.1 Å². The molecule has 0 bridgehead atoms. The average Bonchev–Trinajstić information content (AvgIpc) is 3.82. The van der Waals surface area contributed by atoms with Crippen LogP contribution < -0.4 is 30.5 Å². The van der Waals surface area contributed by atoms with Crippen molar-refractivity contribution < 1.29 is 21.1 Å². The van der Waals surface area contributed by atoms with Gasteiger partial charge in [-0.05, 0) is 71.1 Å². The van der Waals surface area contributed by atoms with Gasteiger partial charge in [-0.2, -0.15) is 46.8 Å². The molecule has 10 rings (SSSR count). The Balaban J connectivity index is 0.00000422. The Morgan fingerprint density at radius 3 is 1.91 bits per heavy atom. The molecule has 0 spiro atoms. The van der Waals surface area contributed by atoms with Crippen molar-refractivity contribution in [3.63, 3.8) is 0 Å². The molecule has 0 aliphatic carbocycles. The fourth-order valence-electron chi connectivity index (χ4n) is 8.73. The van der Waals surface area contributed by atoms with Crippen molar-refractivity contribution in [2.75, 3.05) is 16.5 Å². The van der Waals surface area contributed by atoms with Crippen LogP contribution in [0.15, 0.2) is 188 Å². The minimum atomic E-state index is -3.05. The molecule has 6 heteroatoms. The Bertz CT molecular complexity index is 2800. The number of fused-ring (bicyclic) bond motifs is 4. The van der Waals surface area contributed by atoms with E-state index in [0.29, 0.717) is 6.04 Å². The number of aromatic nitrogens is 2. The minimum absolute atomic E-state index is 0. The molecule has 1 aliphatic heterocycles. The normalized spacial score (nSPS) is 12.6. The van der Waals surface area contributed by atoms with Gasteiger partial charge in [-0.25, -0.2) is 4.98 Å². The van der Waals surface area contributed by atoms with E-state index in [-0.39, 0.29) is 21.1 Å². The van der Waals surface area contributed by atoms with Crippen LogP contribution in [0.4, 0.5) is 17.1 Å². The predicted molar refractivity (Wildman–Crippen MR) is 236 cm³/mol. The second-order valence-corrected chi connectivity index (χ2v) is 18.5. The first-order valence-electron chi connectivity index (χ1n) is 19.4. The summed E-state index contributed by atoms with van der Waals surface area (Å²) in [6, 6.07) is 74.4. The van der Waals surface area contributed by atoms with E-state index in [2.05, 4.69) is 222 Å². The second-order valence-electron chi connectivity index (χ2n) is 14.8. The molecule has 9 aromatic rings. The van der Waals surface area contributed by atoms with Crippen LogP contribution >= 0.6 is 0 Å². The largest absolute Gasteiger partial charge is 2.00 e. The number of nitrogens with zero attached hydrogens (tertiary/aromatic N) is 4. The van der Waals surface area contributed by atoms with E-state index in [1.54, 1.807) is 0 Å². The van der Waals surface area contributed by atoms with E-state index in [1.807, 2.05) is 6.20 Å². The molecular weight excluding hydrogens is 892 g/mol. The summed E-state index contributed by atoms with van der Waals surface area (Å²) in [6.07, 6.45) is 1.92. The summed E-state index contributed by atoms with van der Waals surface area (Å²) < 4.78 is 2.30. The maximum atomic E-state index is 5.01. The van der Waals surface area contributed by atoms with Crippen molar-refractivity contribution in [2.45, 2.75) is 19.9 Å². The number of pyridine rings is 1. The molecule has 278 valence electrons. The fraction of sp³-hybridized carbons (Fsp3) is 0.0784. The van der Waals surface area contributed by atoms with Crippen LogP contribution in [0.1, 0.15) is 13.8 Å². The summed E-state index contributed by atoms with van der Waals surface area (Å²) in [6.45, 7) is 5.30. The molecule has 0 saturated carbocycles. The van der Waals surface area contributed by atoms with Crippen LogP contribution in [0.2, 0.25) is 0 Å². The molecule has 1 aliphatic rings. The van der Waals surface area contributed by atoms with E-state index in [9.17, 15) is 0 Å². The van der Waals surface area contributed by atoms with Crippen LogP contribution in [0.5, 0.6) is 0 Å². The first kappa shape index (κ1) is 36.6. The number of anilines is 3. The van der Waals surface area contributed by atoms with Gasteiger partial charge in [0.05, 0.1) is 18.0 Å². The third-order valence-electron chi connectivity index (χ3n) is 11.4. The first-order valence-corrected chi connectivity index (χ1v) is 21.4. The molecule has 0 saturated heterocycles. The van der Waals surface area contributed by atoms with Crippen LogP contribution in [0.3, 0.4) is 0 Å². The zero-order valence-electron chi connectivity index (χ0n) is 31.8. The van der Waals surface area contributed by atoms with E-state index >= 15 is 0 Å². The number of hydrogen-bond donors (Lipinski definition) is 0. The molecule has 0 unspecified atom stereocenters. The van der Waals surface area contributed by atoms with Gasteiger partial charge in [0.2, 0.25) is 0 Å². The first-order chi connectivity index (χ1) is 27.6. The van der Waals surface area contributed by atoms with E-state index in [4.69, 9.17) is 4.98 Å². The summed E-state index contributed by atoms with van der Waals surface area (Å²) in [5.41, 5.74) is 7.95. The zero-order chi connectivity index (χ0) is 37.6. The molecule has 57 heavy (non-hydrogen) atoms. The standard InChI is InChI=1S/C51H40N4Si.Pt/c1-37(2)53-36-54(49-28-15-14-27-48(49)53)40-19-16-24-43(34-40)56(41-20-8-4-9-21-41,42-22-10-5-11-23-42)44-29-30-46-45-25-12-13-26-47(45)55(50(46)35-44)51-33-39(31-32-52-51)38-17-6-3-7-18-38;/h3-33,37H,36H2,1-2H3;/q-2;+2. The smallest absolute Gasteiger partial charge is 0.349 e. The Kier molecular flexibility index (Phi) is 9.74. The van der Waals surface area contributed by atoms with Crippen LogP contribution in [0, 0.1) is 12.1 Å². The summed E-state index contributed by atoms with van der Waals surface area (Å²) in [5, 5.41) is 7.26. The van der Waals surface area contributed by atoms with Crippen molar-refractivity contribution in [1.82, 2.24) is 9.55 Å². The monoisotopic (exact) mass is 931 g/mol. The Morgan fingerprint density at radius 2 is 1.19 bits per heavy atom. The number of hydrogen-bond acceptors (Lipinski definition) is 3. The average molecular weight is 932 g/mol. The molecule has 4 nitrogen and oxygen atoms in total. The van der Waals surface area contributed by atoms with Crippen molar-refractivity contribution >= 4 is 67.7 Å². The molecule has 0 N–H and O–H groups in total. The zero-order valence-corrected chi connectivity index (χ0v) is 35.1. The molecule has 0 fully saturated rings.